The molecule has 7 nitrogen and oxygen atoms in total. The molecule has 35 heavy (non-hydrogen) atoms. The van der Waals surface area contributed by atoms with Crippen molar-refractivity contribution in [3.63, 3.8) is 0 Å². The summed E-state index contributed by atoms with van der Waals surface area (Å²) in [5.74, 6) is 0.308. The largest absolute Gasteiger partial charge is 0.345 e. The predicted octanol–water partition coefficient (Wildman–Crippen LogP) is 4.40. The Kier molecular flexibility index (Phi) is 7.07. The number of hydrogen-bond acceptors (Lipinski definition) is 7. The van der Waals surface area contributed by atoms with Gasteiger partial charge in [0.1, 0.15) is 0 Å². The van der Waals surface area contributed by atoms with Crippen LogP contribution < -0.4 is 4.90 Å². The van der Waals surface area contributed by atoms with Gasteiger partial charge in [-0.3, -0.25) is 4.79 Å². The van der Waals surface area contributed by atoms with E-state index in [1.807, 2.05) is 4.90 Å². The van der Waals surface area contributed by atoms with E-state index < -0.39 is 10.0 Å². The van der Waals surface area contributed by atoms with Gasteiger partial charge in [0.25, 0.3) is 5.91 Å². The fourth-order valence-corrected chi connectivity index (χ4v) is 8.05. The number of para-hydroxylation sites is 1. The summed E-state index contributed by atoms with van der Waals surface area (Å²) in [6.45, 7) is 5.86. The molecular formula is C25H30N4O3S3. The smallest absolute Gasteiger partial charge is 0.253 e. The number of carbonyl (C=O) groups excluding carboxylic acids is 1. The number of anilines is 1. The van der Waals surface area contributed by atoms with E-state index in [2.05, 4.69) is 36.3 Å². The first kappa shape index (κ1) is 24.5. The number of piperidine rings is 1. The van der Waals surface area contributed by atoms with Gasteiger partial charge in [-0.1, -0.05) is 24.3 Å². The molecular weight excluding hydrogens is 501 g/mol. The van der Waals surface area contributed by atoms with E-state index in [1.54, 1.807) is 51.7 Å². The minimum Gasteiger partial charge on any atom is -0.345 e. The minimum absolute atomic E-state index is 0.0610. The number of thiazole rings is 1. The molecule has 0 spiro atoms. The number of thioether (sulfide) groups is 1. The van der Waals surface area contributed by atoms with Crippen molar-refractivity contribution in [1.82, 2.24) is 14.2 Å². The van der Waals surface area contributed by atoms with E-state index in [9.17, 15) is 13.2 Å². The number of nitrogens with zero attached hydrogens (tertiary/aromatic N) is 4. The first-order valence-corrected chi connectivity index (χ1v) is 15.4. The highest BCUT2D eigenvalue weighted by atomic mass is 32.2. The van der Waals surface area contributed by atoms with Crippen LogP contribution in [-0.2, 0) is 10.0 Å². The summed E-state index contributed by atoms with van der Waals surface area (Å²) in [7, 11) is -3.52. The van der Waals surface area contributed by atoms with Crippen LogP contribution in [0.4, 0.5) is 5.13 Å². The summed E-state index contributed by atoms with van der Waals surface area (Å²) in [5, 5.41) is 0.996. The Balaban J connectivity index is 1.23. The summed E-state index contributed by atoms with van der Waals surface area (Å²) in [6.07, 6.45) is 4.01. The summed E-state index contributed by atoms with van der Waals surface area (Å²) in [6, 6.07) is 12.7. The van der Waals surface area contributed by atoms with Crippen LogP contribution in [0.15, 0.2) is 52.3 Å². The Bertz CT molecular complexity index is 1320. The Morgan fingerprint density at radius 1 is 1.06 bits per heavy atom. The number of fused-ring (bicyclic) bond motifs is 1. The summed E-state index contributed by atoms with van der Waals surface area (Å²) >= 11 is 3.40. The molecule has 5 rings (SSSR count). The van der Waals surface area contributed by atoms with Gasteiger partial charge in [0.05, 0.1) is 15.1 Å². The fraction of sp³-hybridized carbons (Fsp3) is 0.440. The summed E-state index contributed by atoms with van der Waals surface area (Å²) < 4.78 is 28.8. The lowest BCUT2D eigenvalue weighted by molar-refractivity contribution is 0.0746. The molecule has 3 heterocycles. The van der Waals surface area contributed by atoms with Gasteiger partial charge in [-0.2, -0.15) is 4.31 Å². The summed E-state index contributed by atoms with van der Waals surface area (Å²) in [4.78, 5) is 23.5. The van der Waals surface area contributed by atoms with Crippen molar-refractivity contribution in [2.45, 2.75) is 29.6 Å². The highest BCUT2D eigenvalue weighted by molar-refractivity contribution is 7.98. The molecule has 1 atom stereocenters. The van der Waals surface area contributed by atoms with Crippen molar-refractivity contribution in [2.24, 2.45) is 5.92 Å². The van der Waals surface area contributed by atoms with Crippen LogP contribution in [0.1, 0.15) is 30.1 Å². The maximum atomic E-state index is 13.1. The molecule has 0 N–H and O–H groups in total. The topological polar surface area (TPSA) is 73.8 Å². The van der Waals surface area contributed by atoms with Crippen LogP contribution in [0, 0.1) is 5.92 Å². The van der Waals surface area contributed by atoms with Crippen LogP contribution in [-0.4, -0.2) is 74.0 Å². The third-order valence-electron chi connectivity index (χ3n) is 6.79. The quantitative estimate of drug-likeness (QED) is 0.455. The molecule has 2 aliphatic heterocycles. The van der Waals surface area contributed by atoms with Crippen LogP contribution in [0.5, 0.6) is 0 Å². The first-order valence-electron chi connectivity index (χ1n) is 11.9. The van der Waals surface area contributed by atoms with Gasteiger partial charge >= 0.3 is 0 Å². The zero-order chi connectivity index (χ0) is 24.6. The number of rotatable bonds is 5. The zero-order valence-electron chi connectivity index (χ0n) is 20.0. The van der Waals surface area contributed by atoms with Gasteiger partial charge in [0.2, 0.25) is 10.0 Å². The van der Waals surface area contributed by atoms with E-state index in [1.165, 1.54) is 9.60 Å². The highest BCUT2D eigenvalue weighted by Gasteiger charge is 2.29. The second kappa shape index (κ2) is 10.1. The van der Waals surface area contributed by atoms with E-state index >= 15 is 0 Å². The number of amides is 1. The summed E-state index contributed by atoms with van der Waals surface area (Å²) in [5.41, 5.74) is 1.57. The van der Waals surface area contributed by atoms with E-state index in [0.717, 1.165) is 36.6 Å². The normalized spacial score (nSPS) is 19.9. The molecule has 1 amide bonds. The Morgan fingerprint density at radius 3 is 2.49 bits per heavy atom. The molecule has 0 aliphatic carbocycles. The molecule has 1 aromatic heterocycles. The van der Waals surface area contributed by atoms with Crippen molar-refractivity contribution in [2.75, 3.05) is 50.4 Å². The maximum absolute atomic E-state index is 13.1. The van der Waals surface area contributed by atoms with Gasteiger partial charge in [0, 0.05) is 49.7 Å². The third kappa shape index (κ3) is 4.94. The molecule has 2 aliphatic rings. The lowest BCUT2D eigenvalue weighted by atomic mass is 10.0. The number of aromatic nitrogens is 1. The van der Waals surface area contributed by atoms with Crippen molar-refractivity contribution in [3.8, 4) is 0 Å². The fourth-order valence-electron chi connectivity index (χ4n) is 4.78. The number of benzene rings is 2. The average Bonchev–Trinajstić information content (AvgIpc) is 3.33. The number of sulfonamides is 1. The zero-order valence-corrected chi connectivity index (χ0v) is 22.5. The molecule has 2 saturated heterocycles. The van der Waals surface area contributed by atoms with Gasteiger partial charge in [-0.05, 0) is 61.4 Å². The predicted molar refractivity (Wildman–Crippen MR) is 143 cm³/mol. The van der Waals surface area contributed by atoms with Crippen LogP contribution in [0.3, 0.4) is 0 Å². The first-order chi connectivity index (χ1) is 16.9. The van der Waals surface area contributed by atoms with Gasteiger partial charge in [-0.25, -0.2) is 13.4 Å². The molecule has 186 valence electrons. The van der Waals surface area contributed by atoms with E-state index in [-0.39, 0.29) is 10.8 Å². The van der Waals surface area contributed by atoms with Gasteiger partial charge in [0.15, 0.2) is 5.13 Å². The Labute approximate surface area is 215 Å². The molecule has 2 fully saturated rings. The molecule has 0 radical (unpaired) electrons. The minimum atomic E-state index is -3.52. The molecule has 0 saturated carbocycles. The molecule has 0 bridgehead atoms. The van der Waals surface area contributed by atoms with Gasteiger partial charge in [-0.15, -0.1) is 11.8 Å². The Hall–Kier alpha value is -2.14. The standard InChI is InChI=1S/C25H30N4O3S3/c1-18-5-4-12-29(17-18)35(31,32)20-10-8-19(9-11-20)24(30)27-13-15-28(16-14-27)25-26-23-21(33-2)6-3-7-22(23)34-25/h3,6-11,18H,4-5,12-17H2,1-2H3. The maximum Gasteiger partial charge on any atom is 0.253 e. The van der Waals surface area contributed by atoms with Crippen LogP contribution in [0.2, 0.25) is 0 Å². The second-order valence-electron chi connectivity index (χ2n) is 9.22. The average molecular weight is 531 g/mol. The van der Waals surface area contributed by atoms with Crippen molar-refractivity contribution in [1.29, 1.82) is 0 Å². The number of hydrogen-bond donors (Lipinski definition) is 0. The highest BCUT2D eigenvalue weighted by Crippen LogP contribution is 2.34. The van der Waals surface area contributed by atoms with Crippen molar-refractivity contribution in [3.05, 3.63) is 48.0 Å². The third-order valence-corrected chi connectivity index (χ3v) is 10.5. The molecule has 10 heteroatoms. The molecule has 3 aromatic rings. The number of piperazine rings is 1. The molecule has 2 aromatic carbocycles. The van der Waals surface area contributed by atoms with Crippen LogP contribution >= 0.6 is 23.1 Å². The number of carbonyl (C=O) groups is 1. The lowest BCUT2D eigenvalue weighted by Gasteiger charge is -2.34. The van der Waals surface area contributed by atoms with E-state index in [0.29, 0.717) is 37.7 Å². The Morgan fingerprint density at radius 2 is 1.80 bits per heavy atom. The van der Waals surface area contributed by atoms with Crippen molar-refractivity contribution >= 4 is 54.4 Å². The second-order valence-corrected chi connectivity index (χ2v) is 13.0. The lowest BCUT2D eigenvalue weighted by Crippen LogP contribution is -2.48. The van der Waals surface area contributed by atoms with Gasteiger partial charge < -0.3 is 9.80 Å². The molecule has 1 unspecified atom stereocenters. The van der Waals surface area contributed by atoms with E-state index in [4.69, 9.17) is 4.98 Å². The monoisotopic (exact) mass is 530 g/mol. The van der Waals surface area contributed by atoms with Crippen LogP contribution in [0.25, 0.3) is 10.2 Å². The SMILES string of the molecule is CSc1cccc2sc(N3CCN(C(=O)c4ccc(S(=O)(=O)N5CCCC(C)C5)cc4)CC3)nc12. The van der Waals surface area contributed by atoms with Crippen molar-refractivity contribution < 1.29 is 13.2 Å².